The van der Waals surface area contributed by atoms with E-state index < -0.39 is 0 Å². The second-order valence-electron chi connectivity index (χ2n) is 4.39. The maximum absolute atomic E-state index is 12.2. The van der Waals surface area contributed by atoms with Gasteiger partial charge >= 0.3 is 0 Å². The molecule has 4 heteroatoms. The minimum Gasteiger partial charge on any atom is -0.496 e. The van der Waals surface area contributed by atoms with Crippen molar-refractivity contribution in [1.82, 2.24) is 4.90 Å². The fourth-order valence-electron chi connectivity index (χ4n) is 1.89. The van der Waals surface area contributed by atoms with E-state index in [1.165, 1.54) is 0 Å². The van der Waals surface area contributed by atoms with E-state index in [1.807, 2.05) is 38.1 Å². The number of hydrogen-bond acceptors (Lipinski definition) is 3. The van der Waals surface area contributed by atoms with Gasteiger partial charge in [-0.25, -0.2) is 0 Å². The minimum atomic E-state index is -0.0180. The molecule has 0 unspecified atom stereocenters. The summed E-state index contributed by atoms with van der Waals surface area (Å²) in [5.74, 6) is 0.724. The molecule has 0 spiro atoms. The zero-order valence-electron chi connectivity index (χ0n) is 11.2. The average Bonchev–Trinajstić information content (AvgIpc) is 2.36. The molecule has 1 aromatic rings. The number of ether oxygens (including phenoxy) is 1. The molecule has 0 heterocycles. The van der Waals surface area contributed by atoms with Gasteiger partial charge < -0.3 is 14.7 Å². The molecule has 0 atom stereocenters. The third kappa shape index (κ3) is 3.74. The highest BCUT2D eigenvalue weighted by Crippen LogP contribution is 2.18. The summed E-state index contributed by atoms with van der Waals surface area (Å²) < 4.78 is 5.23. The molecular weight excluding hydrogens is 230 g/mol. The smallest absolute Gasteiger partial charge is 0.227 e. The highest BCUT2D eigenvalue weighted by molar-refractivity contribution is 5.79. The van der Waals surface area contributed by atoms with Crippen LogP contribution in [0.2, 0.25) is 0 Å². The number of rotatable bonds is 6. The molecule has 0 radical (unpaired) electrons. The molecule has 0 bridgehead atoms. The molecule has 0 saturated carbocycles. The Balaban J connectivity index is 2.79. The molecule has 1 rings (SSSR count). The van der Waals surface area contributed by atoms with Gasteiger partial charge in [-0.3, -0.25) is 4.79 Å². The van der Waals surface area contributed by atoms with Crippen LogP contribution in [-0.2, 0) is 11.2 Å². The van der Waals surface area contributed by atoms with Gasteiger partial charge in [0.25, 0.3) is 0 Å². The molecule has 0 fully saturated rings. The highest BCUT2D eigenvalue weighted by atomic mass is 16.5. The molecule has 0 aliphatic carbocycles. The second kappa shape index (κ2) is 7.01. The Kier molecular flexibility index (Phi) is 5.65. The summed E-state index contributed by atoms with van der Waals surface area (Å²) in [6.07, 6.45) is 0.294. The zero-order chi connectivity index (χ0) is 13.5. The maximum Gasteiger partial charge on any atom is 0.227 e. The number of carbonyl (C=O) groups excluding carboxylic acids is 1. The summed E-state index contributed by atoms with van der Waals surface area (Å²) >= 11 is 0. The lowest BCUT2D eigenvalue weighted by molar-refractivity contribution is -0.132. The van der Waals surface area contributed by atoms with Gasteiger partial charge in [-0.2, -0.15) is 0 Å². The van der Waals surface area contributed by atoms with Crippen LogP contribution < -0.4 is 4.74 Å². The van der Waals surface area contributed by atoms with Crippen molar-refractivity contribution in [1.29, 1.82) is 0 Å². The van der Waals surface area contributed by atoms with Gasteiger partial charge in [0.15, 0.2) is 0 Å². The molecule has 0 aliphatic rings. The predicted octanol–water partition coefficient (Wildman–Crippen LogP) is 1.47. The van der Waals surface area contributed by atoms with Crippen LogP contribution >= 0.6 is 0 Å². The Morgan fingerprint density at radius 1 is 1.39 bits per heavy atom. The van der Waals surface area contributed by atoms with Crippen LogP contribution in [0.5, 0.6) is 5.75 Å². The highest BCUT2D eigenvalue weighted by Gasteiger charge is 2.17. The zero-order valence-corrected chi connectivity index (χ0v) is 11.2. The van der Waals surface area contributed by atoms with E-state index in [0.717, 1.165) is 11.3 Å². The van der Waals surface area contributed by atoms with Gasteiger partial charge in [-0.05, 0) is 19.9 Å². The van der Waals surface area contributed by atoms with Crippen LogP contribution in [0.3, 0.4) is 0 Å². The van der Waals surface area contributed by atoms with Gasteiger partial charge in [-0.1, -0.05) is 18.2 Å². The molecule has 4 nitrogen and oxygen atoms in total. The fourth-order valence-corrected chi connectivity index (χ4v) is 1.89. The summed E-state index contributed by atoms with van der Waals surface area (Å²) in [7, 11) is 1.59. The van der Waals surface area contributed by atoms with E-state index >= 15 is 0 Å². The van der Waals surface area contributed by atoms with Gasteiger partial charge in [0.05, 0.1) is 20.1 Å². The van der Waals surface area contributed by atoms with Crippen molar-refractivity contribution in [2.45, 2.75) is 26.3 Å². The van der Waals surface area contributed by atoms with Crippen LogP contribution in [-0.4, -0.2) is 42.2 Å². The quantitative estimate of drug-likeness (QED) is 0.833. The van der Waals surface area contributed by atoms with Crippen molar-refractivity contribution in [2.75, 3.05) is 20.3 Å². The second-order valence-corrected chi connectivity index (χ2v) is 4.39. The standard InChI is InChI=1S/C14H21NO3/c1-11(2)15(8-9-16)14(17)10-12-6-4-5-7-13(12)18-3/h4-7,11,16H,8-10H2,1-3H3. The summed E-state index contributed by atoms with van der Waals surface area (Å²) in [6, 6.07) is 7.57. The van der Waals surface area contributed by atoms with Crippen molar-refractivity contribution >= 4 is 5.91 Å². The monoisotopic (exact) mass is 251 g/mol. The summed E-state index contributed by atoms with van der Waals surface area (Å²) in [5.41, 5.74) is 0.869. The first-order valence-electron chi connectivity index (χ1n) is 6.12. The fraction of sp³-hybridized carbons (Fsp3) is 0.500. The Morgan fingerprint density at radius 2 is 2.06 bits per heavy atom. The summed E-state index contributed by atoms with van der Waals surface area (Å²) in [5, 5.41) is 8.98. The predicted molar refractivity (Wildman–Crippen MR) is 70.6 cm³/mol. The number of hydrogen-bond donors (Lipinski definition) is 1. The van der Waals surface area contributed by atoms with E-state index in [-0.39, 0.29) is 18.6 Å². The Labute approximate surface area is 108 Å². The summed E-state index contributed by atoms with van der Waals surface area (Å²) in [6.45, 7) is 4.23. The average molecular weight is 251 g/mol. The van der Waals surface area contributed by atoms with Gasteiger partial charge in [0, 0.05) is 18.2 Å². The molecule has 1 aromatic carbocycles. The largest absolute Gasteiger partial charge is 0.496 e. The molecular formula is C14H21NO3. The van der Waals surface area contributed by atoms with Crippen LogP contribution in [0.15, 0.2) is 24.3 Å². The lowest BCUT2D eigenvalue weighted by Gasteiger charge is -2.26. The normalized spacial score (nSPS) is 10.5. The Hall–Kier alpha value is -1.55. The lowest BCUT2D eigenvalue weighted by atomic mass is 10.1. The Morgan fingerprint density at radius 3 is 2.61 bits per heavy atom. The van der Waals surface area contributed by atoms with Crippen molar-refractivity contribution in [3.63, 3.8) is 0 Å². The third-order valence-electron chi connectivity index (χ3n) is 2.82. The van der Waals surface area contributed by atoms with Crippen molar-refractivity contribution in [2.24, 2.45) is 0 Å². The first kappa shape index (κ1) is 14.5. The number of aliphatic hydroxyl groups excluding tert-OH is 1. The maximum atomic E-state index is 12.2. The van der Waals surface area contributed by atoms with Gasteiger partial charge in [0.2, 0.25) is 5.91 Å². The molecule has 0 aliphatic heterocycles. The van der Waals surface area contributed by atoms with E-state index in [4.69, 9.17) is 9.84 Å². The number of aliphatic hydroxyl groups is 1. The first-order chi connectivity index (χ1) is 8.60. The number of carbonyl (C=O) groups is 1. The SMILES string of the molecule is COc1ccccc1CC(=O)N(CCO)C(C)C. The van der Waals surface area contributed by atoms with E-state index in [1.54, 1.807) is 12.0 Å². The van der Waals surface area contributed by atoms with Gasteiger partial charge in [-0.15, -0.1) is 0 Å². The van der Waals surface area contributed by atoms with Crippen molar-refractivity contribution in [3.8, 4) is 5.75 Å². The summed E-state index contributed by atoms with van der Waals surface area (Å²) in [4.78, 5) is 13.8. The molecule has 0 saturated heterocycles. The van der Waals surface area contributed by atoms with Crippen LogP contribution in [0.25, 0.3) is 0 Å². The number of methoxy groups -OCH3 is 1. The molecule has 100 valence electrons. The Bertz CT molecular complexity index is 390. The lowest BCUT2D eigenvalue weighted by Crippen LogP contribution is -2.39. The molecule has 0 aromatic heterocycles. The van der Waals surface area contributed by atoms with E-state index in [9.17, 15) is 4.79 Å². The number of amides is 1. The van der Waals surface area contributed by atoms with Crippen molar-refractivity contribution < 1.29 is 14.6 Å². The van der Waals surface area contributed by atoms with Gasteiger partial charge in [0.1, 0.15) is 5.75 Å². The van der Waals surface area contributed by atoms with Crippen LogP contribution in [0, 0.1) is 0 Å². The molecule has 1 N–H and O–H groups in total. The molecule has 1 amide bonds. The topological polar surface area (TPSA) is 49.8 Å². The van der Waals surface area contributed by atoms with Crippen molar-refractivity contribution in [3.05, 3.63) is 29.8 Å². The minimum absolute atomic E-state index is 0.00329. The number of benzene rings is 1. The number of nitrogens with zero attached hydrogens (tertiary/aromatic N) is 1. The number of para-hydroxylation sites is 1. The van der Waals surface area contributed by atoms with E-state index in [0.29, 0.717) is 13.0 Å². The molecule has 18 heavy (non-hydrogen) atoms. The van der Waals surface area contributed by atoms with Crippen LogP contribution in [0.4, 0.5) is 0 Å². The first-order valence-corrected chi connectivity index (χ1v) is 6.12. The third-order valence-corrected chi connectivity index (χ3v) is 2.82. The van der Waals surface area contributed by atoms with Crippen LogP contribution in [0.1, 0.15) is 19.4 Å². The van der Waals surface area contributed by atoms with E-state index in [2.05, 4.69) is 0 Å².